The molecule has 0 aliphatic heterocycles. The minimum Gasteiger partial charge on any atom is -0.476 e. The average Bonchev–Trinajstić information content (AvgIpc) is 2.18. The largest absolute Gasteiger partial charge is 0.476 e. The molecule has 0 unspecified atom stereocenters. The van der Waals surface area contributed by atoms with Crippen LogP contribution in [0.1, 0.15) is 5.56 Å². The van der Waals surface area contributed by atoms with Gasteiger partial charge in [0.2, 0.25) is 9.84 Å². The molecule has 0 aliphatic carbocycles. The number of aliphatic carboxylic acids is 1. The van der Waals surface area contributed by atoms with Gasteiger partial charge < -0.3 is 10.3 Å². The highest BCUT2D eigenvalue weighted by molar-refractivity contribution is 8.08. The molecule has 16 heavy (non-hydrogen) atoms. The Morgan fingerprint density at radius 1 is 1.25 bits per heavy atom. The zero-order valence-electron chi connectivity index (χ0n) is 8.28. The molecule has 0 radical (unpaired) electrons. The van der Waals surface area contributed by atoms with Crippen LogP contribution in [0.5, 0.6) is 0 Å². The smallest absolute Gasteiger partial charge is 0.370 e. The number of hydrogen-bond donors (Lipinski definition) is 2. The molecule has 0 amide bonds. The van der Waals surface area contributed by atoms with Crippen molar-refractivity contribution in [2.75, 3.05) is 0 Å². The minimum absolute atomic E-state index is 0.228. The number of benzene rings is 1. The van der Waals surface area contributed by atoms with Gasteiger partial charge in [-0.3, -0.25) is 0 Å². The summed E-state index contributed by atoms with van der Waals surface area (Å²) in [6, 6.07) is 5.53. The Bertz CT molecular complexity index is 530. The molecule has 7 heteroatoms. The number of aryl methyl sites for hydroxylation is 1. The van der Waals surface area contributed by atoms with E-state index in [1.54, 1.807) is 6.92 Å². The van der Waals surface area contributed by atoms with E-state index in [-0.39, 0.29) is 4.90 Å². The summed E-state index contributed by atoms with van der Waals surface area (Å²) in [4.78, 5) is 10.3. The Morgan fingerprint density at radius 2 is 1.75 bits per heavy atom. The molecule has 0 saturated heterocycles. The van der Waals surface area contributed by atoms with Gasteiger partial charge in [0, 0.05) is 0 Å². The van der Waals surface area contributed by atoms with Crippen LogP contribution in [0.4, 0.5) is 0 Å². The second kappa shape index (κ2) is 4.31. The number of nitrogens with zero attached hydrogens (tertiary/aromatic N) is 1. The first-order valence-corrected chi connectivity index (χ1v) is 5.65. The molecule has 86 valence electrons. The topological polar surface area (TPSA) is 104 Å². The number of rotatable bonds is 1. The SMILES string of the molecule is Cc1ccc(S(=O)(=O)/C(=N/O)C(=O)O)cc1. The molecule has 1 aromatic carbocycles. The maximum absolute atomic E-state index is 11.6. The van der Waals surface area contributed by atoms with E-state index in [9.17, 15) is 13.2 Å². The van der Waals surface area contributed by atoms with E-state index >= 15 is 0 Å². The second-order valence-corrected chi connectivity index (χ2v) is 4.89. The van der Waals surface area contributed by atoms with Crippen molar-refractivity contribution in [2.45, 2.75) is 11.8 Å². The Balaban J connectivity index is 3.32. The molecule has 0 bridgehead atoms. The van der Waals surface area contributed by atoms with E-state index in [4.69, 9.17) is 10.3 Å². The molecule has 0 aromatic heterocycles. The van der Waals surface area contributed by atoms with Gasteiger partial charge in [0.15, 0.2) is 0 Å². The monoisotopic (exact) mass is 243 g/mol. The van der Waals surface area contributed by atoms with Crippen molar-refractivity contribution in [1.82, 2.24) is 0 Å². The summed E-state index contributed by atoms with van der Waals surface area (Å²) in [5.74, 6) is -1.80. The molecule has 1 rings (SSSR count). The van der Waals surface area contributed by atoms with E-state index in [1.165, 1.54) is 24.3 Å². The lowest BCUT2D eigenvalue weighted by molar-refractivity contribution is -0.129. The van der Waals surface area contributed by atoms with Gasteiger partial charge in [-0.2, -0.15) is 0 Å². The fourth-order valence-corrected chi connectivity index (χ4v) is 2.10. The van der Waals surface area contributed by atoms with Gasteiger partial charge in [0.05, 0.1) is 4.90 Å². The summed E-state index contributed by atoms with van der Waals surface area (Å²) in [6.45, 7) is 1.76. The maximum Gasteiger partial charge on any atom is 0.370 e. The van der Waals surface area contributed by atoms with Crippen molar-refractivity contribution in [3.8, 4) is 0 Å². The van der Waals surface area contributed by atoms with Crippen LogP contribution < -0.4 is 0 Å². The first-order valence-electron chi connectivity index (χ1n) is 4.16. The van der Waals surface area contributed by atoms with Gasteiger partial charge in [0.1, 0.15) is 0 Å². The number of carbonyl (C=O) groups is 1. The van der Waals surface area contributed by atoms with Crippen LogP contribution in [-0.4, -0.2) is 29.7 Å². The van der Waals surface area contributed by atoms with Gasteiger partial charge in [-0.05, 0) is 19.1 Å². The van der Waals surface area contributed by atoms with Crippen LogP contribution in [0.25, 0.3) is 0 Å². The third-order valence-corrected chi connectivity index (χ3v) is 3.52. The lowest BCUT2D eigenvalue weighted by Gasteiger charge is -2.02. The van der Waals surface area contributed by atoms with Gasteiger partial charge in [0.25, 0.3) is 5.04 Å². The Morgan fingerprint density at radius 3 is 2.12 bits per heavy atom. The predicted octanol–water partition coefficient (Wildman–Crippen LogP) is 0.641. The summed E-state index contributed by atoms with van der Waals surface area (Å²) in [5.41, 5.74) is 0.830. The molecular formula is C9H9NO5S. The Hall–Kier alpha value is -1.89. The molecule has 0 heterocycles. The van der Waals surface area contributed by atoms with Crippen LogP contribution in [0.2, 0.25) is 0 Å². The summed E-state index contributed by atoms with van der Waals surface area (Å²) in [5, 5.41) is 17.9. The molecule has 2 N–H and O–H groups in total. The Labute approximate surface area is 91.8 Å². The fourth-order valence-electron chi connectivity index (χ4n) is 1.04. The molecule has 0 spiro atoms. The minimum atomic E-state index is -4.27. The van der Waals surface area contributed by atoms with Crippen molar-refractivity contribution >= 4 is 20.9 Å². The zero-order valence-corrected chi connectivity index (χ0v) is 9.10. The first-order chi connectivity index (χ1) is 7.39. The third-order valence-electron chi connectivity index (χ3n) is 1.86. The third kappa shape index (κ3) is 2.19. The average molecular weight is 243 g/mol. The van der Waals surface area contributed by atoms with Crippen molar-refractivity contribution in [1.29, 1.82) is 0 Å². The highest BCUT2D eigenvalue weighted by Gasteiger charge is 2.29. The van der Waals surface area contributed by atoms with Gasteiger partial charge in [-0.25, -0.2) is 13.2 Å². The van der Waals surface area contributed by atoms with Crippen LogP contribution in [0, 0.1) is 6.92 Å². The van der Waals surface area contributed by atoms with Crippen LogP contribution in [-0.2, 0) is 14.6 Å². The summed E-state index contributed by atoms with van der Waals surface area (Å²) < 4.78 is 23.3. The van der Waals surface area contributed by atoms with Crippen molar-refractivity contribution in [3.05, 3.63) is 29.8 Å². The van der Waals surface area contributed by atoms with Crippen LogP contribution in [0.15, 0.2) is 34.3 Å². The van der Waals surface area contributed by atoms with Crippen molar-refractivity contribution in [2.24, 2.45) is 5.16 Å². The molecule has 0 fully saturated rings. The number of carboxylic acids is 1. The van der Waals surface area contributed by atoms with Crippen molar-refractivity contribution in [3.63, 3.8) is 0 Å². The lowest BCUT2D eigenvalue weighted by Crippen LogP contribution is -2.24. The highest BCUT2D eigenvalue weighted by atomic mass is 32.2. The van der Waals surface area contributed by atoms with E-state index < -0.39 is 20.9 Å². The van der Waals surface area contributed by atoms with E-state index in [0.29, 0.717) is 0 Å². The van der Waals surface area contributed by atoms with Gasteiger partial charge >= 0.3 is 5.97 Å². The maximum atomic E-state index is 11.6. The van der Waals surface area contributed by atoms with Crippen LogP contribution >= 0.6 is 0 Å². The number of hydrogen-bond acceptors (Lipinski definition) is 5. The highest BCUT2D eigenvalue weighted by Crippen LogP contribution is 2.13. The second-order valence-electron chi connectivity index (χ2n) is 3.03. The standard InChI is InChI=1S/C9H9NO5S/c1-6-2-4-7(5-3-6)16(14,15)8(10-13)9(11)12/h2-5,13H,1H3,(H,11,12)/b10-8+. The summed E-state index contributed by atoms with van der Waals surface area (Å²) in [6.07, 6.45) is 0. The summed E-state index contributed by atoms with van der Waals surface area (Å²) in [7, 11) is -4.27. The summed E-state index contributed by atoms with van der Waals surface area (Å²) >= 11 is 0. The molecular weight excluding hydrogens is 234 g/mol. The fraction of sp³-hybridized carbons (Fsp3) is 0.111. The number of sulfone groups is 1. The zero-order chi connectivity index (χ0) is 12.3. The predicted molar refractivity (Wildman–Crippen MR) is 55.2 cm³/mol. The Kier molecular flexibility index (Phi) is 3.28. The first kappa shape index (κ1) is 12.2. The van der Waals surface area contributed by atoms with Crippen molar-refractivity contribution < 1.29 is 23.5 Å². The number of carboxylic acid groups (broad SMARTS) is 1. The van der Waals surface area contributed by atoms with E-state index in [2.05, 4.69) is 5.16 Å². The van der Waals surface area contributed by atoms with Crippen LogP contribution in [0.3, 0.4) is 0 Å². The molecule has 0 saturated carbocycles. The number of oxime groups is 1. The lowest BCUT2D eigenvalue weighted by atomic mass is 10.2. The van der Waals surface area contributed by atoms with Gasteiger partial charge in [-0.15, -0.1) is 0 Å². The van der Waals surface area contributed by atoms with E-state index in [1.807, 2.05) is 0 Å². The molecule has 0 atom stereocenters. The molecule has 6 nitrogen and oxygen atoms in total. The quantitative estimate of drug-likeness (QED) is 0.326. The van der Waals surface area contributed by atoms with Gasteiger partial charge in [-0.1, -0.05) is 22.9 Å². The van der Waals surface area contributed by atoms with E-state index in [0.717, 1.165) is 5.56 Å². The molecule has 1 aromatic rings. The normalized spacial score (nSPS) is 12.4. The molecule has 0 aliphatic rings.